The first kappa shape index (κ1) is 16.4. The third-order valence-corrected chi connectivity index (χ3v) is 3.72. The fourth-order valence-corrected chi connectivity index (χ4v) is 2.22. The third-order valence-electron chi connectivity index (χ3n) is 3.11. The molecule has 0 saturated carbocycles. The number of benzene rings is 1. The highest BCUT2D eigenvalue weighted by atomic mass is 79.9. The average Bonchev–Trinajstić information content (AvgIpc) is 2.31. The van der Waals surface area contributed by atoms with E-state index in [4.69, 9.17) is 0 Å². The van der Waals surface area contributed by atoms with Crippen LogP contribution in [0.4, 0.5) is 4.39 Å². The fraction of sp³-hybridized carbons (Fsp3) is 0.500. The molecule has 1 aromatic carbocycles. The van der Waals surface area contributed by atoms with Gasteiger partial charge in [-0.25, -0.2) is 4.39 Å². The van der Waals surface area contributed by atoms with E-state index in [1.807, 2.05) is 18.2 Å². The number of nitrogens with one attached hydrogen (secondary N) is 1. The molecule has 1 atom stereocenters. The van der Waals surface area contributed by atoms with E-state index in [1.54, 1.807) is 0 Å². The predicted molar refractivity (Wildman–Crippen MR) is 83.9 cm³/mol. The van der Waals surface area contributed by atoms with Crippen LogP contribution in [-0.4, -0.2) is 12.1 Å². The minimum atomic E-state index is -0.225. The molecule has 1 nitrogen and oxygen atoms in total. The first-order valence-corrected chi connectivity index (χ1v) is 7.27. The summed E-state index contributed by atoms with van der Waals surface area (Å²) in [7, 11) is 0. The van der Waals surface area contributed by atoms with E-state index >= 15 is 0 Å². The van der Waals surface area contributed by atoms with Crippen molar-refractivity contribution in [3.63, 3.8) is 0 Å². The van der Waals surface area contributed by atoms with E-state index < -0.39 is 0 Å². The maximum Gasteiger partial charge on any atom is 0.137 e. The molecule has 1 rings (SSSR count). The van der Waals surface area contributed by atoms with Crippen molar-refractivity contribution in [2.75, 3.05) is 6.54 Å². The Hall–Kier alpha value is -0.670. The maximum absolute atomic E-state index is 13.2. The Bertz CT molecular complexity index is 451. The molecular formula is C16H23BrFN. The van der Waals surface area contributed by atoms with Crippen LogP contribution in [0, 0.1) is 11.2 Å². The van der Waals surface area contributed by atoms with Gasteiger partial charge in [-0.3, -0.25) is 0 Å². The lowest BCUT2D eigenvalue weighted by Gasteiger charge is -2.31. The fourth-order valence-electron chi connectivity index (χ4n) is 1.79. The molecule has 0 saturated heterocycles. The van der Waals surface area contributed by atoms with E-state index in [0.717, 1.165) is 18.5 Å². The Labute approximate surface area is 124 Å². The molecule has 0 radical (unpaired) electrons. The topological polar surface area (TPSA) is 12.0 Å². The summed E-state index contributed by atoms with van der Waals surface area (Å²) in [5.74, 6) is -0.225. The molecule has 0 aromatic heterocycles. The maximum atomic E-state index is 13.2. The van der Waals surface area contributed by atoms with Gasteiger partial charge in [0.05, 0.1) is 4.47 Å². The summed E-state index contributed by atoms with van der Waals surface area (Å²) < 4.78 is 13.8. The predicted octanol–water partition coefficient (Wildman–Crippen LogP) is 4.71. The Kier molecular flexibility index (Phi) is 5.34. The van der Waals surface area contributed by atoms with Gasteiger partial charge >= 0.3 is 0 Å². The van der Waals surface area contributed by atoms with Crippen LogP contribution in [0.1, 0.15) is 33.3 Å². The minimum Gasteiger partial charge on any atom is -0.311 e. The number of halogens is 2. The van der Waals surface area contributed by atoms with E-state index in [-0.39, 0.29) is 16.8 Å². The van der Waals surface area contributed by atoms with E-state index in [9.17, 15) is 4.39 Å². The first-order chi connectivity index (χ1) is 8.65. The number of hydrogen-bond donors (Lipinski definition) is 1. The van der Waals surface area contributed by atoms with Gasteiger partial charge in [0.25, 0.3) is 0 Å². The Morgan fingerprint density at radius 3 is 2.42 bits per heavy atom. The molecule has 1 aromatic rings. The molecule has 0 fully saturated rings. The quantitative estimate of drug-likeness (QED) is 0.772. The Balaban J connectivity index is 2.79. The lowest BCUT2D eigenvalue weighted by Crippen LogP contribution is -2.43. The van der Waals surface area contributed by atoms with Gasteiger partial charge in [0.2, 0.25) is 0 Å². The second kappa shape index (κ2) is 6.19. The van der Waals surface area contributed by atoms with Gasteiger partial charge in [-0.2, -0.15) is 0 Å². The summed E-state index contributed by atoms with van der Waals surface area (Å²) in [6, 6.07) is 5.17. The van der Waals surface area contributed by atoms with Crippen LogP contribution in [0.15, 0.2) is 35.3 Å². The summed E-state index contributed by atoms with van der Waals surface area (Å²) in [5, 5.41) is 3.50. The highest BCUT2D eigenvalue weighted by molar-refractivity contribution is 9.10. The van der Waals surface area contributed by atoms with Crippen molar-refractivity contribution in [3.05, 3.63) is 46.7 Å². The molecule has 106 valence electrons. The third kappa shape index (κ3) is 5.45. The molecule has 0 aliphatic rings. The molecule has 1 N–H and O–H groups in total. The summed E-state index contributed by atoms with van der Waals surface area (Å²) in [6.45, 7) is 13.4. The van der Waals surface area contributed by atoms with Crippen molar-refractivity contribution in [3.8, 4) is 0 Å². The smallest absolute Gasteiger partial charge is 0.137 e. The zero-order valence-electron chi connectivity index (χ0n) is 12.2. The summed E-state index contributed by atoms with van der Waals surface area (Å²) in [5.41, 5.74) is 1.13. The largest absolute Gasteiger partial charge is 0.311 e. The van der Waals surface area contributed by atoms with E-state index in [1.165, 1.54) is 6.07 Å². The van der Waals surface area contributed by atoms with Crippen LogP contribution >= 0.6 is 15.9 Å². The van der Waals surface area contributed by atoms with Gasteiger partial charge in [0.15, 0.2) is 0 Å². The van der Waals surface area contributed by atoms with Crippen LogP contribution in [-0.2, 0) is 6.42 Å². The molecule has 0 heterocycles. The molecule has 0 bridgehead atoms. The minimum absolute atomic E-state index is 0.0510. The van der Waals surface area contributed by atoms with Crippen LogP contribution in [0.3, 0.4) is 0 Å². The van der Waals surface area contributed by atoms with Crippen molar-refractivity contribution < 1.29 is 4.39 Å². The van der Waals surface area contributed by atoms with Crippen molar-refractivity contribution >= 4 is 15.9 Å². The molecular weight excluding hydrogens is 305 g/mol. The Morgan fingerprint density at radius 1 is 1.32 bits per heavy atom. The number of rotatable bonds is 5. The average molecular weight is 328 g/mol. The van der Waals surface area contributed by atoms with Gasteiger partial charge < -0.3 is 5.32 Å². The van der Waals surface area contributed by atoms with Gasteiger partial charge in [-0.05, 0) is 60.8 Å². The van der Waals surface area contributed by atoms with Crippen LogP contribution in [0.5, 0.6) is 0 Å². The van der Waals surface area contributed by atoms with Crippen LogP contribution in [0.2, 0.25) is 0 Å². The molecule has 3 heteroatoms. The van der Waals surface area contributed by atoms with Gasteiger partial charge in [-0.15, -0.1) is 6.58 Å². The highest BCUT2D eigenvalue weighted by Gasteiger charge is 2.23. The zero-order chi connectivity index (χ0) is 14.7. The van der Waals surface area contributed by atoms with Crippen LogP contribution in [0.25, 0.3) is 0 Å². The zero-order valence-corrected chi connectivity index (χ0v) is 13.8. The standard InChI is InChI=1S/C16H23BrFN/c1-6-16(5,11-19-15(2,3)4)10-12-7-8-14(18)13(17)9-12/h6-9,19H,1,10-11H2,2-5H3. The molecule has 0 amide bonds. The van der Waals surface area contributed by atoms with Crippen molar-refractivity contribution in [1.29, 1.82) is 0 Å². The summed E-state index contributed by atoms with van der Waals surface area (Å²) in [6.07, 6.45) is 2.81. The second-order valence-corrected chi connectivity index (χ2v) is 7.24. The van der Waals surface area contributed by atoms with Crippen molar-refractivity contribution in [2.24, 2.45) is 5.41 Å². The van der Waals surface area contributed by atoms with E-state index in [2.05, 4.69) is 55.5 Å². The highest BCUT2D eigenvalue weighted by Crippen LogP contribution is 2.26. The summed E-state index contributed by atoms with van der Waals surface area (Å²) in [4.78, 5) is 0. The van der Waals surface area contributed by atoms with Crippen molar-refractivity contribution in [1.82, 2.24) is 5.32 Å². The van der Waals surface area contributed by atoms with Crippen LogP contribution < -0.4 is 5.32 Å². The molecule has 1 unspecified atom stereocenters. The first-order valence-electron chi connectivity index (χ1n) is 6.48. The normalized spacial score (nSPS) is 15.1. The lowest BCUT2D eigenvalue weighted by molar-refractivity contribution is 0.322. The van der Waals surface area contributed by atoms with Gasteiger partial charge in [-0.1, -0.05) is 19.1 Å². The number of hydrogen-bond acceptors (Lipinski definition) is 1. The summed E-state index contributed by atoms with van der Waals surface area (Å²) >= 11 is 3.23. The lowest BCUT2D eigenvalue weighted by atomic mass is 9.83. The second-order valence-electron chi connectivity index (χ2n) is 6.39. The molecule has 0 aliphatic heterocycles. The van der Waals surface area contributed by atoms with E-state index in [0.29, 0.717) is 4.47 Å². The van der Waals surface area contributed by atoms with Gasteiger partial charge in [0, 0.05) is 17.5 Å². The molecule has 0 aliphatic carbocycles. The Morgan fingerprint density at radius 2 is 1.95 bits per heavy atom. The molecule has 19 heavy (non-hydrogen) atoms. The van der Waals surface area contributed by atoms with Crippen molar-refractivity contribution in [2.45, 2.75) is 39.7 Å². The molecule has 0 spiro atoms. The monoisotopic (exact) mass is 327 g/mol. The SMILES string of the molecule is C=CC(C)(CNC(C)(C)C)Cc1ccc(F)c(Br)c1. The van der Waals surface area contributed by atoms with Gasteiger partial charge in [0.1, 0.15) is 5.82 Å².